The van der Waals surface area contributed by atoms with Crippen LogP contribution in [0.25, 0.3) is 6.08 Å². The highest BCUT2D eigenvalue weighted by atomic mass is 16.5. The summed E-state index contributed by atoms with van der Waals surface area (Å²) < 4.78 is 16.1. The van der Waals surface area contributed by atoms with Crippen LogP contribution in [0.3, 0.4) is 0 Å². The molecule has 4 heteroatoms. The molecule has 0 saturated carbocycles. The Bertz CT molecular complexity index is 467. The van der Waals surface area contributed by atoms with Crippen LogP contribution < -0.4 is 19.5 Å². The van der Waals surface area contributed by atoms with E-state index in [1.54, 1.807) is 21.3 Å². The predicted octanol–water partition coefficient (Wildman–Crippen LogP) is 3.11. The monoisotopic (exact) mass is 279 g/mol. The second-order valence-corrected chi connectivity index (χ2v) is 4.95. The third kappa shape index (κ3) is 4.17. The molecule has 0 spiro atoms. The van der Waals surface area contributed by atoms with E-state index in [9.17, 15) is 0 Å². The quantitative estimate of drug-likeness (QED) is 0.832. The van der Waals surface area contributed by atoms with Gasteiger partial charge in [0.15, 0.2) is 11.5 Å². The zero-order chi connectivity index (χ0) is 15.1. The largest absolute Gasteiger partial charge is 0.493 e. The summed E-state index contributed by atoms with van der Waals surface area (Å²) in [6.07, 6.45) is 2.09. The minimum atomic E-state index is 0.464. The summed E-state index contributed by atoms with van der Waals surface area (Å²) in [6.45, 7) is 7.19. The van der Waals surface area contributed by atoms with Gasteiger partial charge in [-0.2, -0.15) is 0 Å². The number of nitrogens with one attached hydrogen (secondary N) is 1. The number of rotatable bonds is 7. The van der Waals surface area contributed by atoms with Gasteiger partial charge < -0.3 is 19.5 Å². The highest BCUT2D eigenvalue weighted by Crippen LogP contribution is 2.40. The first kappa shape index (κ1) is 16.4. The lowest BCUT2D eigenvalue weighted by molar-refractivity contribution is 0.324. The maximum Gasteiger partial charge on any atom is 0.203 e. The van der Waals surface area contributed by atoms with Gasteiger partial charge in [-0.1, -0.05) is 25.5 Å². The van der Waals surface area contributed by atoms with E-state index >= 15 is 0 Å². The number of methoxy groups -OCH3 is 3. The van der Waals surface area contributed by atoms with Gasteiger partial charge in [-0.3, -0.25) is 0 Å². The average Bonchev–Trinajstić information content (AvgIpc) is 2.44. The molecule has 1 rings (SSSR count). The van der Waals surface area contributed by atoms with Gasteiger partial charge in [-0.05, 0) is 19.1 Å². The van der Waals surface area contributed by atoms with Crippen LogP contribution in [0.4, 0.5) is 0 Å². The topological polar surface area (TPSA) is 39.7 Å². The molecule has 0 aliphatic rings. The van der Waals surface area contributed by atoms with Gasteiger partial charge in [0.2, 0.25) is 5.75 Å². The van der Waals surface area contributed by atoms with Crippen LogP contribution in [0.15, 0.2) is 17.7 Å². The predicted molar refractivity (Wildman–Crippen MR) is 82.9 cm³/mol. The molecule has 0 amide bonds. The van der Waals surface area contributed by atoms with Gasteiger partial charge >= 0.3 is 0 Å². The highest BCUT2D eigenvalue weighted by molar-refractivity contribution is 5.67. The maximum absolute atomic E-state index is 5.47. The Hall–Kier alpha value is -1.68. The number of hydrogen-bond acceptors (Lipinski definition) is 4. The first-order valence-electron chi connectivity index (χ1n) is 6.73. The molecule has 0 bridgehead atoms. The Balaban J connectivity index is 3.09. The molecule has 0 aromatic heterocycles. The fraction of sp³-hybridized carbons (Fsp3) is 0.500. The van der Waals surface area contributed by atoms with E-state index in [-0.39, 0.29) is 0 Å². The average molecular weight is 279 g/mol. The van der Waals surface area contributed by atoms with Gasteiger partial charge in [0.05, 0.1) is 21.3 Å². The second-order valence-electron chi connectivity index (χ2n) is 4.95. The van der Waals surface area contributed by atoms with Crippen molar-refractivity contribution in [3.8, 4) is 17.2 Å². The molecule has 20 heavy (non-hydrogen) atoms. The van der Waals surface area contributed by atoms with Crippen molar-refractivity contribution in [3.05, 3.63) is 23.3 Å². The van der Waals surface area contributed by atoms with Crippen molar-refractivity contribution in [3.63, 3.8) is 0 Å². The van der Waals surface area contributed by atoms with Crippen LogP contribution in [0, 0.1) is 0 Å². The molecule has 1 aromatic carbocycles. The summed E-state index contributed by atoms with van der Waals surface area (Å²) in [5.74, 6) is 1.98. The molecule has 0 heterocycles. The van der Waals surface area contributed by atoms with E-state index in [0.717, 1.165) is 12.1 Å². The maximum atomic E-state index is 5.47. The molecule has 0 saturated heterocycles. The normalized spacial score (nSPS) is 11.7. The molecular weight excluding hydrogens is 254 g/mol. The Morgan fingerprint density at radius 1 is 1.10 bits per heavy atom. The second kappa shape index (κ2) is 7.80. The number of benzene rings is 1. The summed E-state index contributed by atoms with van der Waals surface area (Å²) in [5, 5.41) is 3.39. The molecule has 1 N–H and O–H groups in total. The summed E-state index contributed by atoms with van der Waals surface area (Å²) >= 11 is 0. The number of hydrogen-bond donors (Lipinski definition) is 1. The fourth-order valence-corrected chi connectivity index (χ4v) is 1.92. The molecule has 112 valence electrons. The molecule has 1 aromatic rings. The Morgan fingerprint density at radius 3 is 2.25 bits per heavy atom. The first-order valence-corrected chi connectivity index (χ1v) is 6.73. The highest BCUT2D eigenvalue weighted by Gasteiger charge is 2.14. The van der Waals surface area contributed by atoms with Crippen molar-refractivity contribution in [2.24, 2.45) is 0 Å². The summed E-state index contributed by atoms with van der Waals surface area (Å²) in [4.78, 5) is 0. The molecule has 4 nitrogen and oxygen atoms in total. The first-order chi connectivity index (χ1) is 9.53. The van der Waals surface area contributed by atoms with Crippen molar-refractivity contribution in [2.45, 2.75) is 26.8 Å². The van der Waals surface area contributed by atoms with E-state index in [1.165, 1.54) is 5.57 Å². The van der Waals surface area contributed by atoms with E-state index < -0.39 is 0 Å². The zero-order valence-electron chi connectivity index (χ0n) is 13.2. The Morgan fingerprint density at radius 2 is 1.75 bits per heavy atom. The van der Waals surface area contributed by atoms with E-state index in [1.807, 2.05) is 12.1 Å². The van der Waals surface area contributed by atoms with Crippen LogP contribution in [0.1, 0.15) is 26.3 Å². The fourth-order valence-electron chi connectivity index (χ4n) is 1.92. The van der Waals surface area contributed by atoms with Crippen molar-refractivity contribution in [1.29, 1.82) is 0 Å². The Labute approximate surface area is 121 Å². The van der Waals surface area contributed by atoms with Crippen LogP contribution in [0.2, 0.25) is 0 Å². The lowest BCUT2D eigenvalue weighted by atomic mass is 10.1. The third-order valence-electron chi connectivity index (χ3n) is 2.93. The lowest BCUT2D eigenvalue weighted by Crippen LogP contribution is -2.24. The molecule has 0 fully saturated rings. The van der Waals surface area contributed by atoms with Crippen molar-refractivity contribution < 1.29 is 14.2 Å². The lowest BCUT2D eigenvalue weighted by Gasteiger charge is -2.15. The van der Waals surface area contributed by atoms with E-state index in [0.29, 0.717) is 23.3 Å². The summed E-state index contributed by atoms with van der Waals surface area (Å²) in [5.41, 5.74) is 2.21. The molecule has 0 aliphatic carbocycles. The van der Waals surface area contributed by atoms with Crippen LogP contribution in [0.5, 0.6) is 17.2 Å². The Kier molecular flexibility index (Phi) is 6.39. The van der Waals surface area contributed by atoms with Crippen molar-refractivity contribution in [1.82, 2.24) is 5.32 Å². The van der Waals surface area contributed by atoms with Gasteiger partial charge in [-0.25, -0.2) is 0 Å². The van der Waals surface area contributed by atoms with Crippen molar-refractivity contribution >= 4 is 6.08 Å². The zero-order valence-corrected chi connectivity index (χ0v) is 13.2. The van der Waals surface area contributed by atoms with Crippen LogP contribution in [-0.2, 0) is 0 Å². The summed E-state index contributed by atoms with van der Waals surface area (Å²) in [6, 6.07) is 4.32. The van der Waals surface area contributed by atoms with Gasteiger partial charge in [0.25, 0.3) is 0 Å². The third-order valence-corrected chi connectivity index (χ3v) is 2.93. The SMILES string of the molecule is COc1ccc(C=C(C)CNC(C)C)c(OC)c1OC. The van der Waals surface area contributed by atoms with E-state index in [4.69, 9.17) is 14.2 Å². The van der Waals surface area contributed by atoms with Gasteiger partial charge in [-0.15, -0.1) is 0 Å². The smallest absolute Gasteiger partial charge is 0.203 e. The molecule has 0 unspecified atom stereocenters. The van der Waals surface area contributed by atoms with Crippen LogP contribution in [-0.4, -0.2) is 33.9 Å². The molecule has 0 atom stereocenters. The van der Waals surface area contributed by atoms with Crippen LogP contribution >= 0.6 is 0 Å². The summed E-state index contributed by atoms with van der Waals surface area (Å²) in [7, 11) is 4.86. The van der Waals surface area contributed by atoms with Gasteiger partial charge in [0.1, 0.15) is 0 Å². The van der Waals surface area contributed by atoms with Gasteiger partial charge in [0, 0.05) is 18.2 Å². The number of ether oxygens (including phenoxy) is 3. The molecule has 0 radical (unpaired) electrons. The van der Waals surface area contributed by atoms with Crippen molar-refractivity contribution in [2.75, 3.05) is 27.9 Å². The minimum absolute atomic E-state index is 0.464. The minimum Gasteiger partial charge on any atom is -0.493 e. The molecular formula is C16H25NO3. The standard InChI is InChI=1S/C16H25NO3/c1-11(2)17-10-12(3)9-13-7-8-14(18-4)16(20-6)15(13)19-5/h7-9,11,17H,10H2,1-6H3. The van der Waals surface area contributed by atoms with E-state index in [2.05, 4.69) is 32.2 Å². The molecule has 0 aliphatic heterocycles.